The summed E-state index contributed by atoms with van der Waals surface area (Å²) in [6.45, 7) is 9.41. The van der Waals surface area contributed by atoms with Crippen LogP contribution in [0, 0.1) is 24.5 Å². The van der Waals surface area contributed by atoms with Crippen molar-refractivity contribution in [1.82, 2.24) is 30.1 Å². The smallest absolute Gasteiger partial charge is 0.234 e. The maximum absolute atomic E-state index is 15.2. The van der Waals surface area contributed by atoms with Crippen molar-refractivity contribution in [3.63, 3.8) is 0 Å². The number of aryl methyl sites for hydroxylation is 2. The average molecular weight is 1040 g/mol. The van der Waals surface area contributed by atoms with Gasteiger partial charge in [0.05, 0.1) is 40.3 Å². The highest BCUT2D eigenvalue weighted by molar-refractivity contribution is 9.10. The van der Waals surface area contributed by atoms with Gasteiger partial charge in [-0.1, -0.05) is 25.1 Å². The maximum Gasteiger partial charge on any atom is 0.234 e. The van der Waals surface area contributed by atoms with Crippen LogP contribution in [0.1, 0.15) is 55.3 Å². The van der Waals surface area contributed by atoms with Gasteiger partial charge in [0.1, 0.15) is 30.3 Å². The van der Waals surface area contributed by atoms with Gasteiger partial charge in [-0.05, 0) is 90.5 Å². The minimum absolute atomic E-state index is 0.0262. The number of hydrogen-bond acceptors (Lipinski definition) is 13. The Kier molecular flexibility index (Phi) is 13.4. The average Bonchev–Trinajstić information content (AvgIpc) is 3.79. The fraction of sp³-hybridized carbons (Fsp3) is 0.412. The van der Waals surface area contributed by atoms with Gasteiger partial charge < -0.3 is 34.6 Å². The van der Waals surface area contributed by atoms with Crippen LogP contribution in [0.15, 0.2) is 71.4 Å². The van der Waals surface area contributed by atoms with Crippen LogP contribution in [0.2, 0.25) is 0 Å². The molecule has 4 saturated heterocycles. The molecule has 0 spiro atoms. The molecule has 0 saturated carbocycles. The SMILES string of the molecule is CCc1cc(Nc2ncc(Br)c(Nc3ccc4nc(C)ccc4c3P3(=O)CC=CC3)n2)c(OC)cc1N1CCC(N2CCN(C(=O)C3CN(c4cc(F)c(C5CCC(=O)NC5=O)c(F)c4)C3)CC2)CC1. The summed E-state index contributed by atoms with van der Waals surface area (Å²) in [6.07, 6.45) is 9.53. The molecule has 70 heavy (non-hydrogen) atoms. The lowest BCUT2D eigenvalue weighted by atomic mass is 9.89. The first-order valence-corrected chi connectivity index (χ1v) is 26.9. The number of halogens is 3. The second-order valence-corrected chi connectivity index (χ2v) is 22.7. The van der Waals surface area contributed by atoms with Gasteiger partial charge in [0.2, 0.25) is 23.7 Å². The van der Waals surface area contributed by atoms with Crippen LogP contribution in [0.3, 0.4) is 0 Å². The zero-order valence-corrected chi connectivity index (χ0v) is 41.9. The van der Waals surface area contributed by atoms with Crippen LogP contribution < -0.4 is 35.8 Å². The quantitative estimate of drug-likeness (QED) is 0.0632. The van der Waals surface area contributed by atoms with E-state index in [2.05, 4.69) is 65.7 Å². The van der Waals surface area contributed by atoms with E-state index in [1.165, 1.54) is 12.1 Å². The predicted octanol–water partition coefficient (Wildman–Crippen LogP) is 7.76. The lowest BCUT2D eigenvalue weighted by Gasteiger charge is -2.46. The number of carbonyl (C=O) groups is 3. The molecule has 1 unspecified atom stereocenters. The summed E-state index contributed by atoms with van der Waals surface area (Å²) in [7, 11) is -1.10. The van der Waals surface area contributed by atoms with E-state index in [4.69, 9.17) is 14.7 Å². The molecule has 1 atom stereocenters. The van der Waals surface area contributed by atoms with Crippen molar-refractivity contribution in [1.29, 1.82) is 0 Å². The Labute approximate surface area is 413 Å². The van der Waals surface area contributed by atoms with Crippen molar-refractivity contribution in [2.24, 2.45) is 5.92 Å². The summed E-state index contributed by atoms with van der Waals surface area (Å²) in [6, 6.07) is 14.9. The number of amides is 3. The number of rotatable bonds is 12. The van der Waals surface area contributed by atoms with E-state index in [-0.39, 0.29) is 30.2 Å². The lowest BCUT2D eigenvalue weighted by molar-refractivity contribution is -0.138. The van der Waals surface area contributed by atoms with Gasteiger partial charge >= 0.3 is 0 Å². The Balaban J connectivity index is 0.741. The van der Waals surface area contributed by atoms with Gasteiger partial charge in [-0.25, -0.2) is 13.8 Å². The van der Waals surface area contributed by atoms with Gasteiger partial charge in [0, 0.05) is 123 Å². The zero-order chi connectivity index (χ0) is 48.8. The standard InChI is InChI=1S/C51H56BrF2N10O5P/c1-4-31-23-42(58-51-55-27-37(52)48(60-51)57-41-11-10-40-35(8-7-30(2)56-40)47(41)70(68)21-5-6-22-70)44(69-3)26-43(31)62-15-13-33(14-16-62)61-17-19-63(20-18-61)50(67)32-28-64(29-32)34-24-38(53)46(39(54)25-34)36-9-12-45(65)59-49(36)66/h5-8,10-11,23-27,32-33,36H,4,9,12-22,28-29H2,1-3H3,(H,59,65,66)(H2,55,57,58,60). The van der Waals surface area contributed by atoms with Gasteiger partial charge in [-0.3, -0.25) is 29.6 Å². The molecule has 10 rings (SSSR count). The van der Waals surface area contributed by atoms with Crippen LogP contribution in [0.25, 0.3) is 10.9 Å². The summed E-state index contributed by atoms with van der Waals surface area (Å²) >= 11 is 3.64. The summed E-state index contributed by atoms with van der Waals surface area (Å²) in [4.78, 5) is 60.2. The zero-order valence-electron chi connectivity index (χ0n) is 39.4. The molecular weight excluding hydrogens is 981 g/mol. The number of hydrogen-bond donors (Lipinski definition) is 3. The molecule has 2 aromatic heterocycles. The van der Waals surface area contributed by atoms with Crippen LogP contribution in [-0.4, -0.2) is 120 Å². The van der Waals surface area contributed by atoms with Crippen LogP contribution in [0.5, 0.6) is 5.75 Å². The molecule has 7 heterocycles. The Bertz CT molecular complexity index is 2940. The topological polar surface area (TPSA) is 165 Å². The molecule has 4 fully saturated rings. The first kappa shape index (κ1) is 47.7. The monoisotopic (exact) mass is 1040 g/mol. The van der Waals surface area contributed by atoms with Gasteiger partial charge in [0.15, 0.2) is 0 Å². The number of anilines is 6. The van der Waals surface area contributed by atoms with E-state index in [0.29, 0.717) is 72.2 Å². The molecule has 3 N–H and O–H groups in total. The molecule has 3 amide bonds. The van der Waals surface area contributed by atoms with Gasteiger partial charge in [-0.2, -0.15) is 4.98 Å². The highest BCUT2D eigenvalue weighted by atomic mass is 79.9. The van der Waals surface area contributed by atoms with Crippen molar-refractivity contribution in [2.45, 2.75) is 57.9 Å². The molecule has 3 aromatic carbocycles. The third kappa shape index (κ3) is 9.37. The normalized spacial score (nSPS) is 19.9. The lowest BCUT2D eigenvalue weighted by Crippen LogP contribution is -2.59. The number of fused-ring (bicyclic) bond motifs is 1. The number of benzene rings is 3. The van der Waals surface area contributed by atoms with Crippen molar-refractivity contribution in [2.75, 3.05) is 92.2 Å². The van der Waals surface area contributed by atoms with Crippen LogP contribution in [0.4, 0.5) is 43.3 Å². The minimum Gasteiger partial charge on any atom is -0.494 e. The number of ether oxygens (including phenoxy) is 1. The Morgan fingerprint density at radius 1 is 0.900 bits per heavy atom. The van der Waals surface area contributed by atoms with Crippen molar-refractivity contribution < 1.29 is 32.5 Å². The molecule has 5 aliphatic rings. The van der Waals surface area contributed by atoms with Crippen LogP contribution in [-0.2, 0) is 25.4 Å². The third-order valence-corrected chi connectivity index (χ3v) is 18.1. The molecule has 5 aliphatic heterocycles. The number of piperidine rings is 2. The second-order valence-electron chi connectivity index (χ2n) is 18.9. The molecule has 366 valence electrons. The Morgan fingerprint density at radius 3 is 2.31 bits per heavy atom. The maximum atomic E-state index is 15.2. The summed E-state index contributed by atoms with van der Waals surface area (Å²) < 4.78 is 51.4. The fourth-order valence-corrected chi connectivity index (χ4v) is 13.7. The number of piperazine rings is 1. The Morgan fingerprint density at radius 2 is 1.63 bits per heavy atom. The van der Waals surface area contributed by atoms with Crippen molar-refractivity contribution in [3.05, 3.63) is 99.8 Å². The summed E-state index contributed by atoms with van der Waals surface area (Å²) in [5.41, 5.74) is 5.48. The first-order chi connectivity index (χ1) is 33.8. The van der Waals surface area contributed by atoms with Gasteiger partial charge in [0.25, 0.3) is 0 Å². The summed E-state index contributed by atoms with van der Waals surface area (Å²) in [5.74, 6) is -2.48. The number of nitrogens with zero attached hydrogens (tertiary/aromatic N) is 7. The minimum atomic E-state index is -2.76. The number of pyridine rings is 1. The molecule has 5 aromatic rings. The van der Waals surface area contributed by atoms with Gasteiger partial charge in [-0.15, -0.1) is 0 Å². The van der Waals surface area contributed by atoms with E-state index in [1.807, 2.05) is 48.2 Å². The first-order valence-electron chi connectivity index (χ1n) is 24.1. The molecule has 0 bridgehead atoms. The number of allylic oxidation sites excluding steroid dienone is 2. The second kappa shape index (κ2) is 19.7. The highest BCUT2D eigenvalue weighted by Crippen LogP contribution is 2.52. The molecule has 0 radical (unpaired) electrons. The Hall–Kier alpha value is -5.97. The largest absolute Gasteiger partial charge is 0.494 e. The van der Waals surface area contributed by atoms with E-state index in [9.17, 15) is 18.9 Å². The molecule has 15 nitrogen and oxygen atoms in total. The molecule has 0 aliphatic carbocycles. The summed E-state index contributed by atoms with van der Waals surface area (Å²) in [5, 5.41) is 10.7. The number of methoxy groups -OCH3 is 1. The van der Waals surface area contributed by atoms with Crippen molar-refractivity contribution >= 4 is 91.5 Å². The number of nitrogens with one attached hydrogen (secondary N) is 3. The van der Waals surface area contributed by atoms with Crippen LogP contribution >= 0.6 is 23.1 Å². The van der Waals surface area contributed by atoms with E-state index in [0.717, 1.165) is 90.0 Å². The van der Waals surface area contributed by atoms with Crippen molar-refractivity contribution in [3.8, 4) is 5.75 Å². The number of imide groups is 1. The predicted molar refractivity (Wildman–Crippen MR) is 272 cm³/mol. The van der Waals surface area contributed by atoms with E-state index >= 15 is 8.78 Å². The fourth-order valence-electron chi connectivity index (χ4n) is 10.7. The van der Waals surface area contributed by atoms with E-state index < -0.39 is 36.5 Å². The molecule has 19 heteroatoms. The van der Waals surface area contributed by atoms with E-state index in [1.54, 1.807) is 18.2 Å². The number of aromatic nitrogens is 3. The third-order valence-electron chi connectivity index (χ3n) is 14.6. The molecular formula is C51H56BrF2N10O5P. The number of carbonyl (C=O) groups excluding carboxylic acids is 3. The highest BCUT2D eigenvalue weighted by Gasteiger charge is 2.39.